The molecule has 0 aliphatic carbocycles. The minimum Gasteiger partial charge on any atom is -0.497 e. The zero-order valence-corrected chi connectivity index (χ0v) is 13.1. The topological polar surface area (TPSA) is 64.8 Å². The summed E-state index contributed by atoms with van der Waals surface area (Å²) in [6.45, 7) is 2.02. The molecule has 1 aliphatic heterocycles. The van der Waals surface area contributed by atoms with Gasteiger partial charge in [0, 0.05) is 25.6 Å². The smallest absolute Gasteiger partial charge is 0.222 e. The Bertz CT molecular complexity index is 439. The molecule has 6 heteroatoms. The van der Waals surface area contributed by atoms with Crippen LogP contribution in [0.3, 0.4) is 0 Å². The Morgan fingerprint density at radius 1 is 1.33 bits per heavy atom. The molecule has 1 aliphatic rings. The number of benzene rings is 1. The monoisotopic (exact) mass is 314 g/mol. The average Bonchev–Trinajstić information content (AvgIpc) is 2.91. The van der Waals surface area contributed by atoms with Crippen molar-refractivity contribution in [2.24, 2.45) is 5.73 Å². The van der Waals surface area contributed by atoms with Crippen molar-refractivity contribution in [3.05, 3.63) is 24.3 Å². The van der Waals surface area contributed by atoms with Crippen molar-refractivity contribution in [2.45, 2.75) is 25.3 Å². The highest BCUT2D eigenvalue weighted by Gasteiger charge is 2.22. The minimum absolute atomic E-state index is 0. The number of amides is 1. The summed E-state index contributed by atoms with van der Waals surface area (Å²) >= 11 is 0. The van der Waals surface area contributed by atoms with Gasteiger partial charge in [-0.1, -0.05) is 0 Å². The molecule has 1 aromatic rings. The molecule has 1 saturated heterocycles. The number of ether oxygens (including phenoxy) is 2. The van der Waals surface area contributed by atoms with Crippen LogP contribution in [-0.2, 0) is 4.79 Å². The van der Waals surface area contributed by atoms with Crippen molar-refractivity contribution >= 4 is 18.3 Å². The zero-order valence-electron chi connectivity index (χ0n) is 12.3. The van der Waals surface area contributed by atoms with Crippen molar-refractivity contribution in [1.82, 2.24) is 4.90 Å². The highest BCUT2D eigenvalue weighted by Crippen LogP contribution is 2.17. The molecule has 0 spiro atoms. The Hall–Kier alpha value is -1.46. The van der Waals surface area contributed by atoms with Crippen LogP contribution in [0.5, 0.6) is 11.5 Å². The van der Waals surface area contributed by atoms with E-state index < -0.39 is 0 Å². The fourth-order valence-electron chi connectivity index (χ4n) is 2.26. The number of hydrogen-bond acceptors (Lipinski definition) is 4. The second-order valence-electron chi connectivity index (χ2n) is 5.02. The number of rotatable bonds is 6. The van der Waals surface area contributed by atoms with E-state index in [4.69, 9.17) is 15.2 Å². The molecule has 0 unspecified atom stereocenters. The molecule has 1 amide bonds. The van der Waals surface area contributed by atoms with Crippen molar-refractivity contribution in [2.75, 3.05) is 26.8 Å². The summed E-state index contributed by atoms with van der Waals surface area (Å²) in [4.78, 5) is 13.7. The third-order valence-corrected chi connectivity index (χ3v) is 3.44. The quantitative estimate of drug-likeness (QED) is 0.814. The van der Waals surface area contributed by atoms with E-state index in [1.54, 1.807) is 7.11 Å². The van der Waals surface area contributed by atoms with Crippen LogP contribution in [0, 0.1) is 0 Å². The summed E-state index contributed by atoms with van der Waals surface area (Å²) in [5.41, 5.74) is 5.79. The van der Waals surface area contributed by atoms with Gasteiger partial charge in [-0.3, -0.25) is 4.79 Å². The van der Waals surface area contributed by atoms with Gasteiger partial charge in [0.1, 0.15) is 11.5 Å². The highest BCUT2D eigenvalue weighted by molar-refractivity contribution is 5.85. The fraction of sp³-hybridized carbons (Fsp3) is 0.533. The molecule has 0 aromatic heterocycles. The SMILES string of the molecule is COc1ccc(OCCCC(=O)N2CC[C@@H](N)C2)cc1.Cl. The molecule has 2 N–H and O–H groups in total. The van der Waals surface area contributed by atoms with Crippen LogP contribution in [0.25, 0.3) is 0 Å². The van der Waals surface area contributed by atoms with Crippen LogP contribution in [-0.4, -0.2) is 43.7 Å². The van der Waals surface area contributed by atoms with Crippen molar-refractivity contribution in [3.8, 4) is 11.5 Å². The van der Waals surface area contributed by atoms with Gasteiger partial charge in [0.15, 0.2) is 0 Å². The van der Waals surface area contributed by atoms with Gasteiger partial charge in [0.25, 0.3) is 0 Å². The van der Waals surface area contributed by atoms with Crippen LogP contribution in [0.15, 0.2) is 24.3 Å². The van der Waals surface area contributed by atoms with Gasteiger partial charge in [-0.05, 0) is 37.1 Å². The van der Waals surface area contributed by atoms with Crippen LogP contribution < -0.4 is 15.2 Å². The van der Waals surface area contributed by atoms with Gasteiger partial charge in [-0.25, -0.2) is 0 Å². The molecule has 0 saturated carbocycles. The first-order chi connectivity index (χ1) is 9.69. The predicted octanol–water partition coefficient (Wildman–Crippen LogP) is 1.84. The zero-order chi connectivity index (χ0) is 14.4. The van der Waals surface area contributed by atoms with E-state index in [0.717, 1.165) is 30.9 Å². The number of likely N-dealkylation sites (tertiary alicyclic amines) is 1. The van der Waals surface area contributed by atoms with Crippen LogP contribution in [0.4, 0.5) is 0 Å². The van der Waals surface area contributed by atoms with Crippen molar-refractivity contribution < 1.29 is 14.3 Å². The Morgan fingerprint density at radius 2 is 2.00 bits per heavy atom. The molecule has 118 valence electrons. The maximum atomic E-state index is 11.9. The highest BCUT2D eigenvalue weighted by atomic mass is 35.5. The van der Waals surface area contributed by atoms with E-state index in [9.17, 15) is 4.79 Å². The molecule has 5 nitrogen and oxygen atoms in total. The first-order valence-electron chi connectivity index (χ1n) is 6.99. The minimum atomic E-state index is 0. The van der Waals surface area contributed by atoms with E-state index in [0.29, 0.717) is 19.6 Å². The molecule has 1 heterocycles. The van der Waals surface area contributed by atoms with Gasteiger partial charge in [-0.15, -0.1) is 12.4 Å². The summed E-state index contributed by atoms with van der Waals surface area (Å²) in [6, 6.07) is 7.58. The van der Waals surface area contributed by atoms with Gasteiger partial charge in [0.2, 0.25) is 5.91 Å². The van der Waals surface area contributed by atoms with E-state index >= 15 is 0 Å². The average molecular weight is 315 g/mol. The lowest BCUT2D eigenvalue weighted by Gasteiger charge is -2.15. The first-order valence-corrected chi connectivity index (χ1v) is 6.99. The number of nitrogens with two attached hydrogens (primary N) is 1. The van der Waals surface area contributed by atoms with Crippen molar-refractivity contribution in [3.63, 3.8) is 0 Å². The van der Waals surface area contributed by atoms with Gasteiger partial charge in [0.05, 0.1) is 13.7 Å². The standard InChI is InChI=1S/C15H22N2O3.ClH/c1-19-13-4-6-14(7-5-13)20-10-2-3-15(18)17-9-8-12(16)11-17;/h4-7,12H,2-3,8-11,16H2,1H3;1H/t12-;/m1./s1. The first kappa shape index (κ1) is 17.6. The predicted molar refractivity (Wildman–Crippen MR) is 84.1 cm³/mol. The molecular weight excluding hydrogens is 292 g/mol. The summed E-state index contributed by atoms with van der Waals surface area (Å²) in [7, 11) is 1.63. The van der Waals surface area contributed by atoms with E-state index in [1.165, 1.54) is 0 Å². The Morgan fingerprint density at radius 3 is 2.57 bits per heavy atom. The molecule has 1 fully saturated rings. The van der Waals surface area contributed by atoms with E-state index in [1.807, 2.05) is 29.2 Å². The fourth-order valence-corrected chi connectivity index (χ4v) is 2.26. The largest absolute Gasteiger partial charge is 0.497 e. The second kappa shape index (κ2) is 8.74. The summed E-state index contributed by atoms with van der Waals surface area (Å²) in [6.07, 6.45) is 2.15. The third-order valence-electron chi connectivity index (χ3n) is 3.44. The van der Waals surface area contributed by atoms with Gasteiger partial charge >= 0.3 is 0 Å². The normalized spacial score (nSPS) is 17.2. The number of methoxy groups -OCH3 is 1. The van der Waals surface area contributed by atoms with Crippen LogP contribution in [0.2, 0.25) is 0 Å². The Kier molecular flexibility index (Phi) is 7.32. The van der Waals surface area contributed by atoms with Gasteiger partial charge in [-0.2, -0.15) is 0 Å². The summed E-state index contributed by atoms with van der Waals surface area (Å²) < 4.78 is 10.7. The molecule has 0 radical (unpaired) electrons. The molecule has 1 aromatic carbocycles. The Labute approximate surface area is 131 Å². The number of nitrogens with zero attached hydrogens (tertiary/aromatic N) is 1. The number of carbonyl (C=O) groups excluding carboxylic acids is 1. The number of carbonyl (C=O) groups is 1. The van der Waals surface area contributed by atoms with E-state index in [2.05, 4.69) is 0 Å². The molecule has 21 heavy (non-hydrogen) atoms. The van der Waals surface area contributed by atoms with E-state index in [-0.39, 0.29) is 24.4 Å². The lowest BCUT2D eigenvalue weighted by atomic mass is 10.3. The molecular formula is C15H23ClN2O3. The summed E-state index contributed by atoms with van der Waals surface area (Å²) in [5, 5.41) is 0. The second-order valence-corrected chi connectivity index (χ2v) is 5.02. The summed E-state index contributed by atoms with van der Waals surface area (Å²) in [5.74, 6) is 1.77. The van der Waals surface area contributed by atoms with Gasteiger partial charge < -0.3 is 20.1 Å². The third kappa shape index (κ3) is 5.44. The maximum absolute atomic E-state index is 11.9. The number of halogens is 1. The molecule has 0 bridgehead atoms. The Balaban J connectivity index is 0.00000220. The lowest BCUT2D eigenvalue weighted by Crippen LogP contribution is -2.31. The number of hydrogen-bond donors (Lipinski definition) is 1. The molecule has 1 atom stereocenters. The van der Waals surface area contributed by atoms with Crippen LogP contribution >= 0.6 is 12.4 Å². The van der Waals surface area contributed by atoms with Crippen LogP contribution in [0.1, 0.15) is 19.3 Å². The van der Waals surface area contributed by atoms with Crippen molar-refractivity contribution in [1.29, 1.82) is 0 Å². The lowest BCUT2D eigenvalue weighted by molar-refractivity contribution is -0.130. The maximum Gasteiger partial charge on any atom is 0.222 e. The molecule has 2 rings (SSSR count).